The number of hydrogen-bond acceptors (Lipinski definition) is 4. The Morgan fingerprint density at radius 2 is 2.10 bits per heavy atom. The lowest BCUT2D eigenvalue weighted by atomic mass is 9.86. The molecule has 112 valence electrons. The lowest BCUT2D eigenvalue weighted by Gasteiger charge is -2.29. The summed E-state index contributed by atoms with van der Waals surface area (Å²) >= 11 is 0. The van der Waals surface area contributed by atoms with Crippen LogP contribution in [0, 0.1) is 11.7 Å². The smallest absolute Gasteiger partial charge is 0.243 e. The third-order valence-electron chi connectivity index (χ3n) is 3.70. The van der Waals surface area contributed by atoms with Gasteiger partial charge < -0.3 is 10.5 Å². The van der Waals surface area contributed by atoms with Crippen LogP contribution in [0.3, 0.4) is 0 Å². The van der Waals surface area contributed by atoms with Crippen molar-refractivity contribution in [1.29, 1.82) is 0 Å². The number of nitrogens with two attached hydrogens (primary N) is 1. The summed E-state index contributed by atoms with van der Waals surface area (Å²) in [5.74, 6) is -0.510. The molecule has 0 saturated heterocycles. The molecule has 0 aromatic heterocycles. The fourth-order valence-corrected chi connectivity index (χ4v) is 3.57. The predicted octanol–water partition coefficient (Wildman–Crippen LogP) is 1.84. The number of methoxy groups -OCH3 is 1. The summed E-state index contributed by atoms with van der Waals surface area (Å²) in [6, 6.07) is 2.18. The second-order valence-corrected chi connectivity index (χ2v) is 7.15. The van der Waals surface area contributed by atoms with Crippen LogP contribution in [-0.2, 0) is 10.0 Å². The maximum atomic E-state index is 13.8. The molecule has 2 N–H and O–H groups in total. The van der Waals surface area contributed by atoms with Crippen LogP contribution in [0.5, 0.6) is 5.75 Å². The van der Waals surface area contributed by atoms with Gasteiger partial charge in [0.15, 0.2) is 11.6 Å². The minimum Gasteiger partial charge on any atom is -0.492 e. The van der Waals surface area contributed by atoms with Crippen molar-refractivity contribution in [3.8, 4) is 5.75 Å². The summed E-state index contributed by atoms with van der Waals surface area (Å²) in [6.45, 7) is 0.454. The van der Waals surface area contributed by atoms with Crippen molar-refractivity contribution in [2.24, 2.45) is 5.92 Å². The van der Waals surface area contributed by atoms with E-state index in [1.54, 1.807) is 0 Å². The number of sulfonamides is 1. The van der Waals surface area contributed by atoms with Gasteiger partial charge in [-0.25, -0.2) is 17.1 Å². The highest BCUT2D eigenvalue weighted by molar-refractivity contribution is 7.89. The van der Waals surface area contributed by atoms with Crippen LogP contribution < -0.4 is 10.5 Å². The fourth-order valence-electron chi connectivity index (χ4n) is 2.27. The molecule has 0 atom stereocenters. The van der Waals surface area contributed by atoms with Gasteiger partial charge in [0, 0.05) is 13.6 Å². The number of nitrogen functional groups attached to an aromatic ring is 1. The largest absolute Gasteiger partial charge is 0.492 e. The standard InChI is InChI=1S/C13H19FN2O3S/c1-16(8-9-4-3-5-9)20(17,18)10-6-11(14)13(19-2)12(15)7-10/h6-7,9H,3-5,8,15H2,1-2H3. The lowest BCUT2D eigenvalue weighted by Crippen LogP contribution is -2.34. The highest BCUT2D eigenvalue weighted by Crippen LogP contribution is 2.31. The molecule has 0 aliphatic heterocycles. The van der Waals surface area contributed by atoms with Crippen molar-refractivity contribution in [1.82, 2.24) is 4.31 Å². The van der Waals surface area contributed by atoms with Gasteiger partial charge in [-0.3, -0.25) is 0 Å². The maximum Gasteiger partial charge on any atom is 0.243 e. The Balaban J connectivity index is 2.28. The number of ether oxygens (including phenoxy) is 1. The molecule has 1 aromatic rings. The first kappa shape index (κ1) is 15.1. The van der Waals surface area contributed by atoms with Gasteiger partial charge in [0.05, 0.1) is 17.7 Å². The van der Waals surface area contributed by atoms with Crippen molar-refractivity contribution < 1.29 is 17.5 Å². The molecule has 0 radical (unpaired) electrons. The fraction of sp³-hybridized carbons (Fsp3) is 0.538. The predicted molar refractivity (Wildman–Crippen MR) is 74.5 cm³/mol. The number of rotatable bonds is 5. The molecular weight excluding hydrogens is 283 g/mol. The first-order valence-corrected chi connectivity index (χ1v) is 7.89. The van der Waals surface area contributed by atoms with Gasteiger partial charge in [-0.1, -0.05) is 6.42 Å². The van der Waals surface area contributed by atoms with Gasteiger partial charge in [0.1, 0.15) is 0 Å². The van der Waals surface area contributed by atoms with E-state index in [0.29, 0.717) is 12.5 Å². The molecule has 0 spiro atoms. The van der Waals surface area contributed by atoms with E-state index in [1.165, 1.54) is 24.5 Å². The average Bonchev–Trinajstić information content (AvgIpc) is 2.32. The third-order valence-corrected chi connectivity index (χ3v) is 5.50. The zero-order valence-corrected chi connectivity index (χ0v) is 12.4. The van der Waals surface area contributed by atoms with E-state index in [2.05, 4.69) is 0 Å². The minimum absolute atomic E-state index is 0.0249. The average molecular weight is 302 g/mol. The summed E-state index contributed by atoms with van der Waals surface area (Å²) in [5.41, 5.74) is 5.60. The molecule has 5 nitrogen and oxygen atoms in total. The zero-order chi connectivity index (χ0) is 14.9. The summed E-state index contributed by atoms with van der Waals surface area (Å²) in [7, 11) is -0.933. The molecule has 1 aliphatic rings. The molecular formula is C13H19FN2O3S. The monoisotopic (exact) mass is 302 g/mol. The van der Waals surface area contributed by atoms with E-state index in [4.69, 9.17) is 10.5 Å². The lowest BCUT2D eigenvalue weighted by molar-refractivity contribution is 0.263. The van der Waals surface area contributed by atoms with E-state index in [9.17, 15) is 12.8 Å². The number of anilines is 1. The van der Waals surface area contributed by atoms with Crippen LogP contribution in [0.15, 0.2) is 17.0 Å². The number of benzene rings is 1. The molecule has 0 heterocycles. The normalized spacial score (nSPS) is 16.2. The molecule has 7 heteroatoms. The van der Waals surface area contributed by atoms with Gasteiger partial charge in [0.2, 0.25) is 10.0 Å². The van der Waals surface area contributed by atoms with Crippen LogP contribution in [0.2, 0.25) is 0 Å². The van der Waals surface area contributed by atoms with E-state index in [-0.39, 0.29) is 16.3 Å². The highest BCUT2D eigenvalue weighted by Gasteiger charge is 2.28. The Morgan fingerprint density at radius 1 is 1.45 bits per heavy atom. The van der Waals surface area contributed by atoms with Crippen LogP contribution in [0.4, 0.5) is 10.1 Å². The number of halogens is 1. The van der Waals surface area contributed by atoms with Gasteiger partial charge in [-0.2, -0.15) is 0 Å². The van der Waals surface area contributed by atoms with Gasteiger partial charge >= 0.3 is 0 Å². The van der Waals surface area contributed by atoms with Crippen molar-refractivity contribution in [3.05, 3.63) is 17.9 Å². The number of hydrogen-bond donors (Lipinski definition) is 1. The quantitative estimate of drug-likeness (QED) is 0.842. The van der Waals surface area contributed by atoms with E-state index < -0.39 is 15.8 Å². The second kappa shape index (κ2) is 5.57. The highest BCUT2D eigenvalue weighted by atomic mass is 32.2. The van der Waals surface area contributed by atoms with Crippen molar-refractivity contribution >= 4 is 15.7 Å². The minimum atomic E-state index is -3.72. The van der Waals surface area contributed by atoms with Gasteiger partial charge in [-0.15, -0.1) is 0 Å². The Kier molecular flexibility index (Phi) is 4.19. The first-order chi connectivity index (χ1) is 9.36. The topological polar surface area (TPSA) is 72.6 Å². The Hall–Kier alpha value is -1.34. The molecule has 0 amide bonds. The third kappa shape index (κ3) is 2.73. The van der Waals surface area contributed by atoms with Crippen LogP contribution in [0.25, 0.3) is 0 Å². The van der Waals surface area contributed by atoms with Crippen molar-refractivity contribution in [3.63, 3.8) is 0 Å². The summed E-state index contributed by atoms with van der Waals surface area (Å²) in [6.07, 6.45) is 3.22. The summed E-state index contributed by atoms with van der Waals surface area (Å²) < 4.78 is 44.6. The van der Waals surface area contributed by atoms with Crippen molar-refractivity contribution in [2.75, 3.05) is 26.4 Å². The van der Waals surface area contributed by atoms with Crippen LogP contribution in [-0.4, -0.2) is 33.4 Å². The molecule has 1 fully saturated rings. The molecule has 1 aliphatic carbocycles. The molecule has 0 unspecified atom stereocenters. The number of nitrogens with zero attached hydrogens (tertiary/aromatic N) is 1. The van der Waals surface area contributed by atoms with E-state index in [1.807, 2.05) is 0 Å². The molecule has 1 saturated carbocycles. The molecule has 2 rings (SSSR count). The van der Waals surface area contributed by atoms with Crippen LogP contribution in [0.1, 0.15) is 19.3 Å². The second-order valence-electron chi connectivity index (χ2n) is 5.11. The Labute approximate surface area is 118 Å². The van der Waals surface area contributed by atoms with E-state index in [0.717, 1.165) is 25.3 Å². The summed E-state index contributed by atoms with van der Waals surface area (Å²) in [5, 5.41) is 0. The van der Waals surface area contributed by atoms with E-state index >= 15 is 0 Å². The Morgan fingerprint density at radius 3 is 2.55 bits per heavy atom. The van der Waals surface area contributed by atoms with Gasteiger partial charge in [0.25, 0.3) is 0 Å². The maximum absolute atomic E-state index is 13.8. The SMILES string of the molecule is COc1c(N)cc(S(=O)(=O)N(C)CC2CCC2)cc1F. The Bertz CT molecular complexity index is 577. The molecule has 0 bridgehead atoms. The molecule has 1 aromatic carbocycles. The van der Waals surface area contributed by atoms with Crippen LogP contribution >= 0.6 is 0 Å². The molecule has 20 heavy (non-hydrogen) atoms. The zero-order valence-electron chi connectivity index (χ0n) is 11.6. The summed E-state index contributed by atoms with van der Waals surface area (Å²) in [4.78, 5) is -0.143. The van der Waals surface area contributed by atoms with Gasteiger partial charge in [-0.05, 0) is 30.9 Å². The first-order valence-electron chi connectivity index (χ1n) is 6.45. The van der Waals surface area contributed by atoms with Crippen molar-refractivity contribution in [2.45, 2.75) is 24.2 Å².